The third kappa shape index (κ3) is 8.42. The lowest BCUT2D eigenvalue weighted by Gasteiger charge is -2.26. The third-order valence-electron chi connectivity index (χ3n) is 3.98. The van der Waals surface area contributed by atoms with E-state index in [2.05, 4.69) is 10.6 Å². The number of nitrogens with two attached hydrogens (primary N) is 2. The molecule has 0 aliphatic heterocycles. The summed E-state index contributed by atoms with van der Waals surface area (Å²) in [6, 6.07) is -1.87. The molecule has 0 bridgehead atoms. The van der Waals surface area contributed by atoms with Crippen LogP contribution in [-0.4, -0.2) is 54.0 Å². The van der Waals surface area contributed by atoms with Crippen LogP contribution in [0, 0.1) is 11.8 Å². The van der Waals surface area contributed by atoms with Crippen molar-refractivity contribution in [3.8, 4) is 0 Å². The molecule has 146 valence electrons. The van der Waals surface area contributed by atoms with Gasteiger partial charge >= 0.3 is 0 Å². The zero-order chi connectivity index (χ0) is 19.6. The van der Waals surface area contributed by atoms with E-state index in [4.69, 9.17) is 11.5 Å². The quantitative estimate of drug-likeness (QED) is 0.311. The minimum atomic E-state index is -1.15. The summed E-state index contributed by atoms with van der Waals surface area (Å²) in [7, 11) is 0. The van der Waals surface area contributed by atoms with E-state index in [9.17, 15) is 19.5 Å². The molecule has 0 rings (SSSR count). The molecular formula is C17H34N4O4. The van der Waals surface area contributed by atoms with Crippen LogP contribution in [0.4, 0.5) is 0 Å². The van der Waals surface area contributed by atoms with E-state index < -0.39 is 30.0 Å². The zero-order valence-electron chi connectivity index (χ0n) is 15.7. The number of carbonyl (C=O) groups excluding carboxylic acids is 3. The Morgan fingerprint density at radius 3 is 2.04 bits per heavy atom. The molecule has 0 heterocycles. The van der Waals surface area contributed by atoms with Crippen molar-refractivity contribution < 1.29 is 19.5 Å². The predicted molar refractivity (Wildman–Crippen MR) is 96.5 cm³/mol. The van der Waals surface area contributed by atoms with Crippen molar-refractivity contribution in [1.29, 1.82) is 0 Å². The summed E-state index contributed by atoms with van der Waals surface area (Å²) in [5.74, 6) is -1.30. The largest absolute Gasteiger partial charge is 0.391 e. The maximum atomic E-state index is 12.4. The van der Waals surface area contributed by atoms with Gasteiger partial charge in [0, 0.05) is 13.0 Å². The van der Waals surface area contributed by atoms with Crippen molar-refractivity contribution in [1.82, 2.24) is 10.6 Å². The smallest absolute Gasteiger partial charge is 0.245 e. The van der Waals surface area contributed by atoms with Crippen molar-refractivity contribution >= 4 is 17.6 Å². The van der Waals surface area contributed by atoms with E-state index in [0.717, 1.165) is 0 Å². The summed E-state index contributed by atoms with van der Waals surface area (Å²) in [5, 5.41) is 15.0. The lowest BCUT2D eigenvalue weighted by molar-refractivity contribution is -0.135. The SMILES string of the molecule is CCC(=O)[C@H](CCN)NC(=O)[C@@H](NC(=O)C(CN)CC(C)C)[C@H](C)O. The number of hydrogen-bond acceptors (Lipinski definition) is 6. The molecule has 0 aromatic heterocycles. The lowest BCUT2D eigenvalue weighted by atomic mass is 9.95. The van der Waals surface area contributed by atoms with Gasteiger partial charge < -0.3 is 27.2 Å². The van der Waals surface area contributed by atoms with Crippen LogP contribution in [0.25, 0.3) is 0 Å². The number of ketones is 1. The Hall–Kier alpha value is -1.51. The van der Waals surface area contributed by atoms with Gasteiger partial charge in [-0.05, 0) is 32.2 Å². The molecule has 0 radical (unpaired) electrons. The van der Waals surface area contributed by atoms with Crippen LogP contribution < -0.4 is 22.1 Å². The highest BCUT2D eigenvalue weighted by molar-refractivity contribution is 5.93. The molecule has 25 heavy (non-hydrogen) atoms. The molecule has 0 spiro atoms. The first kappa shape index (κ1) is 23.5. The Balaban J connectivity index is 5.05. The molecule has 4 atom stereocenters. The van der Waals surface area contributed by atoms with Gasteiger partial charge in [-0.25, -0.2) is 0 Å². The van der Waals surface area contributed by atoms with Crippen LogP contribution in [0.3, 0.4) is 0 Å². The number of nitrogens with one attached hydrogen (secondary N) is 2. The van der Waals surface area contributed by atoms with Crippen LogP contribution >= 0.6 is 0 Å². The van der Waals surface area contributed by atoms with Crippen molar-refractivity contribution in [2.75, 3.05) is 13.1 Å². The van der Waals surface area contributed by atoms with E-state index >= 15 is 0 Å². The fourth-order valence-corrected chi connectivity index (χ4v) is 2.54. The second-order valence-electron chi connectivity index (χ2n) is 6.75. The molecule has 8 heteroatoms. The molecule has 0 saturated heterocycles. The van der Waals surface area contributed by atoms with Gasteiger partial charge in [-0.2, -0.15) is 0 Å². The highest BCUT2D eigenvalue weighted by Crippen LogP contribution is 2.11. The third-order valence-corrected chi connectivity index (χ3v) is 3.98. The maximum Gasteiger partial charge on any atom is 0.245 e. The monoisotopic (exact) mass is 358 g/mol. The van der Waals surface area contributed by atoms with Gasteiger partial charge in [-0.15, -0.1) is 0 Å². The number of hydrogen-bond donors (Lipinski definition) is 5. The standard InChI is InChI=1S/C17H34N4O4/c1-5-14(23)13(6-7-18)20-17(25)15(11(4)22)21-16(24)12(9-19)8-10(2)3/h10-13,15,22H,5-9,18-19H2,1-4H3,(H,20,25)(H,21,24)/t11-,12?,13-,15-/m0/s1. The fourth-order valence-electron chi connectivity index (χ4n) is 2.54. The Bertz CT molecular complexity index is 440. The summed E-state index contributed by atoms with van der Waals surface area (Å²) < 4.78 is 0. The molecule has 8 nitrogen and oxygen atoms in total. The first-order valence-corrected chi connectivity index (χ1v) is 8.89. The number of amides is 2. The van der Waals surface area contributed by atoms with Crippen molar-refractivity contribution in [2.45, 2.75) is 65.1 Å². The highest BCUT2D eigenvalue weighted by atomic mass is 16.3. The number of Topliss-reactive ketones (excluding diaryl/α,β-unsaturated/α-hetero) is 1. The number of aliphatic hydroxyl groups excluding tert-OH is 1. The molecule has 0 fully saturated rings. The van der Waals surface area contributed by atoms with Crippen molar-refractivity contribution in [3.05, 3.63) is 0 Å². The van der Waals surface area contributed by atoms with Crippen LogP contribution in [-0.2, 0) is 14.4 Å². The number of aliphatic hydroxyl groups is 1. The van der Waals surface area contributed by atoms with Crippen molar-refractivity contribution in [3.63, 3.8) is 0 Å². The minimum absolute atomic E-state index is 0.144. The van der Waals surface area contributed by atoms with Crippen LogP contribution in [0.5, 0.6) is 0 Å². The Kier molecular flexibility index (Phi) is 11.2. The lowest BCUT2D eigenvalue weighted by Crippen LogP contribution is -2.57. The molecule has 0 saturated carbocycles. The second-order valence-corrected chi connectivity index (χ2v) is 6.75. The normalized spacial score (nSPS) is 16.0. The van der Waals surface area contributed by atoms with Gasteiger partial charge in [-0.1, -0.05) is 20.8 Å². The summed E-state index contributed by atoms with van der Waals surface area (Å²) in [6.45, 7) is 7.45. The summed E-state index contributed by atoms with van der Waals surface area (Å²) in [4.78, 5) is 36.7. The van der Waals surface area contributed by atoms with Gasteiger partial charge in [0.15, 0.2) is 5.78 Å². The molecular weight excluding hydrogens is 324 g/mol. The number of carbonyl (C=O) groups is 3. The molecule has 0 aromatic rings. The van der Waals surface area contributed by atoms with Gasteiger partial charge in [-0.3, -0.25) is 14.4 Å². The summed E-state index contributed by atoms with van der Waals surface area (Å²) in [6.07, 6.45) is 0.0372. The van der Waals surface area contributed by atoms with Crippen LogP contribution in [0.1, 0.15) is 47.0 Å². The van der Waals surface area contributed by atoms with E-state index in [1.54, 1.807) is 6.92 Å². The van der Waals surface area contributed by atoms with Crippen LogP contribution in [0.15, 0.2) is 0 Å². The predicted octanol–water partition coefficient (Wildman–Crippen LogP) is -0.714. The highest BCUT2D eigenvalue weighted by Gasteiger charge is 2.31. The topological polar surface area (TPSA) is 148 Å². The first-order valence-electron chi connectivity index (χ1n) is 8.89. The molecule has 0 aliphatic rings. The average Bonchev–Trinajstić information content (AvgIpc) is 2.55. The van der Waals surface area contributed by atoms with Gasteiger partial charge in [0.1, 0.15) is 6.04 Å². The summed E-state index contributed by atoms with van der Waals surface area (Å²) >= 11 is 0. The minimum Gasteiger partial charge on any atom is -0.391 e. The van der Waals surface area contributed by atoms with Gasteiger partial charge in [0.05, 0.1) is 18.1 Å². The van der Waals surface area contributed by atoms with Crippen molar-refractivity contribution in [2.24, 2.45) is 23.3 Å². The van der Waals surface area contributed by atoms with E-state index in [0.29, 0.717) is 12.8 Å². The first-order chi connectivity index (χ1) is 11.7. The Morgan fingerprint density at radius 2 is 1.64 bits per heavy atom. The van der Waals surface area contributed by atoms with E-state index in [1.807, 2.05) is 13.8 Å². The van der Waals surface area contributed by atoms with Gasteiger partial charge in [0.25, 0.3) is 0 Å². The molecule has 1 unspecified atom stereocenters. The molecule has 0 aromatic carbocycles. The average molecular weight is 358 g/mol. The zero-order valence-corrected chi connectivity index (χ0v) is 15.7. The summed E-state index contributed by atoms with van der Waals surface area (Å²) in [5.41, 5.74) is 11.1. The Labute approximate surface area is 150 Å². The Morgan fingerprint density at radius 1 is 1.04 bits per heavy atom. The van der Waals surface area contributed by atoms with Crippen LogP contribution in [0.2, 0.25) is 0 Å². The fraction of sp³-hybridized carbons (Fsp3) is 0.824. The molecule has 0 aliphatic carbocycles. The second kappa shape index (κ2) is 11.9. The molecule has 2 amide bonds. The van der Waals surface area contributed by atoms with Gasteiger partial charge in [0.2, 0.25) is 11.8 Å². The maximum absolute atomic E-state index is 12.4. The van der Waals surface area contributed by atoms with E-state index in [1.165, 1.54) is 6.92 Å². The van der Waals surface area contributed by atoms with E-state index in [-0.39, 0.29) is 37.1 Å². The number of rotatable bonds is 12. The molecule has 7 N–H and O–H groups in total.